The van der Waals surface area contributed by atoms with E-state index in [9.17, 15) is 9.59 Å². The zero-order valence-corrected chi connectivity index (χ0v) is 16.5. The van der Waals surface area contributed by atoms with Gasteiger partial charge < -0.3 is 14.6 Å². The Bertz CT molecular complexity index is 1060. The van der Waals surface area contributed by atoms with Crippen LogP contribution in [0, 0.1) is 6.92 Å². The Kier molecular flexibility index (Phi) is 5.41. The zero-order valence-electron chi connectivity index (χ0n) is 15.7. The molecule has 0 aliphatic rings. The van der Waals surface area contributed by atoms with E-state index in [1.54, 1.807) is 19.9 Å². The third-order valence-corrected chi connectivity index (χ3v) is 5.29. The van der Waals surface area contributed by atoms with Gasteiger partial charge in [0, 0.05) is 19.8 Å². The first kappa shape index (κ1) is 18.8. The lowest BCUT2D eigenvalue weighted by Gasteiger charge is -2.11. The maximum Gasteiger partial charge on any atom is 0.348 e. The van der Waals surface area contributed by atoms with E-state index in [1.165, 1.54) is 11.3 Å². The second-order valence-electron chi connectivity index (χ2n) is 6.23. The Morgan fingerprint density at radius 1 is 1.26 bits per heavy atom. The highest BCUT2D eigenvalue weighted by molar-refractivity contribution is 7.20. The van der Waals surface area contributed by atoms with Crippen molar-refractivity contribution < 1.29 is 9.53 Å². The topological polar surface area (TPSA) is 75.3 Å². The molecule has 0 saturated heterocycles. The molecule has 0 radical (unpaired) electrons. The van der Waals surface area contributed by atoms with Crippen molar-refractivity contribution in [1.82, 2.24) is 9.97 Å². The van der Waals surface area contributed by atoms with Gasteiger partial charge in [-0.15, -0.1) is 11.3 Å². The number of thiophene rings is 1. The van der Waals surface area contributed by atoms with Gasteiger partial charge in [0.2, 0.25) is 0 Å². The van der Waals surface area contributed by atoms with Gasteiger partial charge in [0.15, 0.2) is 0 Å². The van der Waals surface area contributed by atoms with E-state index in [1.807, 2.05) is 49.3 Å². The van der Waals surface area contributed by atoms with E-state index in [4.69, 9.17) is 4.74 Å². The number of hydrogen-bond acceptors (Lipinski definition) is 6. The van der Waals surface area contributed by atoms with Crippen molar-refractivity contribution in [3.05, 3.63) is 56.4 Å². The summed E-state index contributed by atoms with van der Waals surface area (Å²) in [5.74, 6) is 0.0244. The van der Waals surface area contributed by atoms with Crippen molar-refractivity contribution in [3.63, 3.8) is 0 Å². The van der Waals surface area contributed by atoms with Crippen LogP contribution in [0.3, 0.4) is 0 Å². The Balaban J connectivity index is 1.94. The molecule has 0 spiro atoms. The molecule has 27 heavy (non-hydrogen) atoms. The Hall–Kier alpha value is -2.93. The van der Waals surface area contributed by atoms with E-state index in [2.05, 4.69) is 9.97 Å². The second-order valence-corrected chi connectivity index (χ2v) is 7.23. The van der Waals surface area contributed by atoms with Gasteiger partial charge in [-0.25, -0.2) is 9.78 Å². The average Bonchev–Trinajstić information content (AvgIpc) is 2.97. The summed E-state index contributed by atoms with van der Waals surface area (Å²) in [6.07, 6.45) is 3.64. The van der Waals surface area contributed by atoms with Crippen LogP contribution in [0.2, 0.25) is 0 Å². The van der Waals surface area contributed by atoms with Gasteiger partial charge in [-0.1, -0.05) is 18.2 Å². The maximum atomic E-state index is 12.5. The lowest BCUT2D eigenvalue weighted by molar-refractivity contribution is 0.0531. The lowest BCUT2D eigenvalue weighted by atomic mass is 10.2. The number of hydrogen-bond donors (Lipinski definition) is 1. The number of aromatic amines is 1. The number of carbonyl (C=O) groups is 1. The maximum absolute atomic E-state index is 12.5. The Morgan fingerprint density at radius 3 is 2.59 bits per heavy atom. The number of benzene rings is 1. The fraction of sp³-hybridized carbons (Fsp3) is 0.250. The molecule has 6 nitrogen and oxygen atoms in total. The van der Waals surface area contributed by atoms with E-state index in [0.717, 1.165) is 11.3 Å². The summed E-state index contributed by atoms with van der Waals surface area (Å²) in [5.41, 5.74) is 2.46. The summed E-state index contributed by atoms with van der Waals surface area (Å²) in [6.45, 7) is 3.78. The molecule has 0 unspecified atom stereocenters. The van der Waals surface area contributed by atoms with Gasteiger partial charge in [0.25, 0.3) is 5.56 Å². The molecule has 0 fully saturated rings. The minimum absolute atomic E-state index is 0.257. The fourth-order valence-corrected chi connectivity index (χ4v) is 3.77. The molecular formula is C20H21N3O3S. The lowest BCUT2D eigenvalue weighted by Crippen LogP contribution is -2.10. The summed E-state index contributed by atoms with van der Waals surface area (Å²) in [4.78, 5) is 34.7. The summed E-state index contributed by atoms with van der Waals surface area (Å²) < 4.78 is 5.05. The number of esters is 1. The summed E-state index contributed by atoms with van der Waals surface area (Å²) >= 11 is 1.18. The molecule has 140 valence electrons. The predicted molar refractivity (Wildman–Crippen MR) is 111 cm³/mol. The molecule has 0 atom stereocenters. The molecule has 1 N–H and O–H groups in total. The smallest absolute Gasteiger partial charge is 0.348 e. The standard InChI is InChI=1S/C20H21N3O3S/c1-5-26-20(25)17-12(2)16-18(24)21-15(22-19(16)27-17)11-8-13-6-9-14(10-7-13)23(3)4/h6-11H,5H2,1-4H3,(H,21,22,24). The second kappa shape index (κ2) is 7.75. The van der Waals surface area contributed by atoms with Crippen LogP contribution in [0.5, 0.6) is 0 Å². The van der Waals surface area contributed by atoms with Crippen LogP contribution in [0.4, 0.5) is 5.69 Å². The van der Waals surface area contributed by atoms with Crippen molar-refractivity contribution in [2.75, 3.05) is 25.6 Å². The highest BCUT2D eigenvalue weighted by Gasteiger charge is 2.19. The SMILES string of the molecule is CCOC(=O)c1sc2nc(C=Cc3ccc(N(C)C)cc3)[nH]c(=O)c2c1C. The largest absolute Gasteiger partial charge is 0.462 e. The molecule has 0 aliphatic heterocycles. The highest BCUT2D eigenvalue weighted by atomic mass is 32.1. The van der Waals surface area contributed by atoms with Crippen LogP contribution >= 0.6 is 11.3 Å². The molecule has 7 heteroatoms. The third kappa shape index (κ3) is 3.93. The molecule has 0 amide bonds. The Morgan fingerprint density at radius 2 is 1.96 bits per heavy atom. The number of aryl methyl sites for hydroxylation is 1. The van der Waals surface area contributed by atoms with Crippen molar-refractivity contribution in [3.8, 4) is 0 Å². The van der Waals surface area contributed by atoms with E-state index in [-0.39, 0.29) is 12.2 Å². The fourth-order valence-electron chi connectivity index (χ4n) is 2.69. The minimum atomic E-state index is -0.421. The van der Waals surface area contributed by atoms with Gasteiger partial charge >= 0.3 is 5.97 Å². The van der Waals surface area contributed by atoms with Gasteiger partial charge in [-0.2, -0.15) is 0 Å². The molecule has 3 aromatic rings. The first-order chi connectivity index (χ1) is 12.9. The number of aromatic nitrogens is 2. The first-order valence-electron chi connectivity index (χ1n) is 8.56. The third-order valence-electron chi connectivity index (χ3n) is 4.12. The van der Waals surface area contributed by atoms with Crippen molar-refractivity contribution in [2.24, 2.45) is 0 Å². The zero-order chi connectivity index (χ0) is 19.6. The average molecular weight is 383 g/mol. The molecule has 0 bridgehead atoms. The van der Waals surface area contributed by atoms with E-state index < -0.39 is 5.97 Å². The highest BCUT2D eigenvalue weighted by Crippen LogP contribution is 2.27. The quantitative estimate of drug-likeness (QED) is 0.680. The number of anilines is 1. The molecule has 0 aliphatic carbocycles. The van der Waals surface area contributed by atoms with Gasteiger partial charge in [-0.05, 0) is 43.2 Å². The number of H-pyrrole nitrogens is 1. The van der Waals surface area contributed by atoms with E-state index in [0.29, 0.717) is 26.5 Å². The van der Waals surface area contributed by atoms with Crippen LogP contribution in [-0.4, -0.2) is 36.6 Å². The van der Waals surface area contributed by atoms with E-state index >= 15 is 0 Å². The van der Waals surface area contributed by atoms with Crippen LogP contribution in [0.1, 0.15) is 33.5 Å². The van der Waals surface area contributed by atoms with Crippen LogP contribution in [0.15, 0.2) is 29.1 Å². The normalized spacial score (nSPS) is 11.3. The molecule has 2 heterocycles. The van der Waals surface area contributed by atoms with Gasteiger partial charge in [-0.3, -0.25) is 4.79 Å². The predicted octanol–water partition coefficient (Wildman–Crippen LogP) is 3.71. The van der Waals surface area contributed by atoms with Crippen LogP contribution in [0.25, 0.3) is 22.4 Å². The monoisotopic (exact) mass is 383 g/mol. The Labute approximate surface area is 161 Å². The molecule has 0 saturated carbocycles. The van der Waals surface area contributed by atoms with Crippen LogP contribution in [-0.2, 0) is 4.74 Å². The first-order valence-corrected chi connectivity index (χ1v) is 9.38. The molecule has 2 aromatic heterocycles. The molecular weight excluding hydrogens is 362 g/mol. The summed E-state index contributed by atoms with van der Waals surface area (Å²) in [6, 6.07) is 8.04. The molecule has 3 rings (SSSR count). The van der Waals surface area contributed by atoms with Crippen molar-refractivity contribution in [1.29, 1.82) is 0 Å². The van der Waals surface area contributed by atoms with Crippen molar-refractivity contribution >= 4 is 45.4 Å². The number of nitrogens with one attached hydrogen (secondary N) is 1. The van der Waals surface area contributed by atoms with Crippen LogP contribution < -0.4 is 10.5 Å². The summed E-state index contributed by atoms with van der Waals surface area (Å²) in [7, 11) is 3.98. The number of rotatable bonds is 5. The van der Waals surface area contributed by atoms with Gasteiger partial charge in [0.1, 0.15) is 15.5 Å². The number of carbonyl (C=O) groups excluding carboxylic acids is 1. The number of fused-ring (bicyclic) bond motifs is 1. The van der Waals surface area contributed by atoms with Crippen molar-refractivity contribution in [2.45, 2.75) is 13.8 Å². The summed E-state index contributed by atoms with van der Waals surface area (Å²) in [5, 5.41) is 0.440. The number of nitrogens with zero attached hydrogens (tertiary/aromatic N) is 2. The minimum Gasteiger partial charge on any atom is -0.462 e. The molecule has 1 aromatic carbocycles. The van der Waals surface area contributed by atoms with Gasteiger partial charge in [0.05, 0.1) is 12.0 Å². The number of ether oxygens (including phenoxy) is 1.